The number of hydrogen-bond donors (Lipinski definition) is 1. The lowest BCUT2D eigenvalue weighted by molar-refractivity contribution is -0.136. The van der Waals surface area contributed by atoms with E-state index in [2.05, 4.69) is 0 Å². The maximum atomic E-state index is 12.4. The molecule has 2 amide bonds. The molecule has 1 heterocycles. The van der Waals surface area contributed by atoms with Crippen molar-refractivity contribution >= 4 is 29.1 Å². The van der Waals surface area contributed by atoms with Gasteiger partial charge in [0.05, 0.1) is 23.2 Å². The van der Waals surface area contributed by atoms with Crippen LogP contribution >= 0.6 is 11.6 Å². The average molecular weight is 311 g/mol. The molecule has 0 aromatic heterocycles. The standard InChI is InChI=1S/C15H19ClN2O3/c1-2-17(7-8-19)15(21)11-9-14(20)18(10-11)13-6-4-3-5-12(13)16/h3-6,11,19H,2,7-10H2,1H3. The van der Waals surface area contributed by atoms with Crippen LogP contribution in [0.3, 0.4) is 0 Å². The van der Waals surface area contributed by atoms with E-state index in [-0.39, 0.29) is 30.8 Å². The number of carbonyl (C=O) groups excluding carboxylic acids is 2. The summed E-state index contributed by atoms with van der Waals surface area (Å²) in [5.74, 6) is -0.559. The van der Waals surface area contributed by atoms with Crippen LogP contribution in [-0.4, -0.2) is 48.1 Å². The molecule has 1 aliphatic rings. The fourth-order valence-corrected chi connectivity index (χ4v) is 2.82. The molecule has 0 radical (unpaired) electrons. The number of nitrogens with zero attached hydrogens (tertiary/aromatic N) is 2. The first-order valence-electron chi connectivity index (χ1n) is 7.03. The summed E-state index contributed by atoms with van der Waals surface area (Å²) in [6.07, 6.45) is 0.186. The van der Waals surface area contributed by atoms with Gasteiger partial charge in [-0.25, -0.2) is 0 Å². The molecule has 0 saturated carbocycles. The summed E-state index contributed by atoms with van der Waals surface area (Å²) in [5.41, 5.74) is 0.643. The van der Waals surface area contributed by atoms with Crippen molar-refractivity contribution in [2.24, 2.45) is 5.92 Å². The number of anilines is 1. The maximum Gasteiger partial charge on any atom is 0.228 e. The molecular weight excluding hydrogens is 292 g/mol. The number of benzene rings is 1. The second-order valence-corrected chi connectivity index (χ2v) is 5.41. The quantitative estimate of drug-likeness (QED) is 0.897. The van der Waals surface area contributed by atoms with E-state index >= 15 is 0 Å². The van der Waals surface area contributed by atoms with E-state index in [1.807, 2.05) is 13.0 Å². The first-order valence-corrected chi connectivity index (χ1v) is 7.40. The van der Waals surface area contributed by atoms with Gasteiger partial charge in [0.15, 0.2) is 0 Å². The van der Waals surface area contributed by atoms with Gasteiger partial charge in [-0.05, 0) is 19.1 Å². The summed E-state index contributed by atoms with van der Waals surface area (Å²) >= 11 is 6.11. The van der Waals surface area contributed by atoms with Gasteiger partial charge in [-0.15, -0.1) is 0 Å². The minimum Gasteiger partial charge on any atom is -0.395 e. The third kappa shape index (κ3) is 3.36. The molecule has 6 heteroatoms. The number of halogens is 1. The normalized spacial score (nSPS) is 18.1. The van der Waals surface area contributed by atoms with Crippen LogP contribution in [0.4, 0.5) is 5.69 Å². The lowest BCUT2D eigenvalue weighted by Crippen LogP contribution is -2.39. The molecule has 5 nitrogen and oxygen atoms in total. The molecule has 1 aliphatic heterocycles. The van der Waals surface area contributed by atoms with Crippen molar-refractivity contribution in [3.63, 3.8) is 0 Å². The summed E-state index contributed by atoms with van der Waals surface area (Å²) in [5, 5.41) is 9.49. The average Bonchev–Trinajstić information content (AvgIpc) is 2.86. The molecular formula is C15H19ClN2O3. The molecule has 114 valence electrons. The van der Waals surface area contributed by atoms with Gasteiger partial charge in [0.25, 0.3) is 0 Å². The van der Waals surface area contributed by atoms with Gasteiger partial charge in [-0.1, -0.05) is 23.7 Å². The highest BCUT2D eigenvalue weighted by Gasteiger charge is 2.37. The summed E-state index contributed by atoms with van der Waals surface area (Å²) < 4.78 is 0. The van der Waals surface area contributed by atoms with Gasteiger partial charge in [0, 0.05) is 26.1 Å². The second kappa shape index (κ2) is 6.91. The minimum absolute atomic E-state index is 0.0749. The summed E-state index contributed by atoms with van der Waals surface area (Å²) in [6.45, 7) is 2.94. The Kier molecular flexibility index (Phi) is 5.20. The highest BCUT2D eigenvalue weighted by atomic mass is 35.5. The van der Waals surface area contributed by atoms with Crippen molar-refractivity contribution in [3.8, 4) is 0 Å². The predicted octanol–water partition coefficient (Wildman–Crippen LogP) is 1.53. The van der Waals surface area contributed by atoms with E-state index < -0.39 is 0 Å². The van der Waals surface area contributed by atoms with E-state index in [9.17, 15) is 9.59 Å². The highest BCUT2D eigenvalue weighted by molar-refractivity contribution is 6.33. The molecule has 0 spiro atoms. The van der Waals surface area contributed by atoms with Crippen molar-refractivity contribution in [2.45, 2.75) is 13.3 Å². The molecule has 1 fully saturated rings. The Labute approximate surface area is 129 Å². The predicted molar refractivity (Wildman–Crippen MR) is 81.3 cm³/mol. The number of amides is 2. The molecule has 1 atom stereocenters. The van der Waals surface area contributed by atoms with Crippen molar-refractivity contribution in [1.29, 1.82) is 0 Å². The number of aliphatic hydroxyl groups excluding tert-OH is 1. The maximum absolute atomic E-state index is 12.4. The third-order valence-corrected chi connectivity index (χ3v) is 4.00. The number of rotatable bonds is 5. The van der Waals surface area contributed by atoms with Crippen LogP contribution in [0.2, 0.25) is 5.02 Å². The Hall–Kier alpha value is -1.59. The highest BCUT2D eigenvalue weighted by Crippen LogP contribution is 2.31. The molecule has 1 N–H and O–H groups in total. The first kappa shape index (κ1) is 15.8. The zero-order valence-electron chi connectivity index (χ0n) is 12.0. The van der Waals surface area contributed by atoms with E-state index in [1.165, 1.54) is 0 Å². The van der Waals surface area contributed by atoms with Crippen molar-refractivity contribution < 1.29 is 14.7 Å². The monoisotopic (exact) mass is 310 g/mol. The molecule has 1 aromatic carbocycles. The molecule has 0 bridgehead atoms. The molecule has 0 aliphatic carbocycles. The SMILES string of the molecule is CCN(CCO)C(=O)C1CC(=O)N(c2ccccc2Cl)C1. The van der Waals surface area contributed by atoms with Gasteiger partial charge >= 0.3 is 0 Å². The second-order valence-electron chi connectivity index (χ2n) is 5.00. The Bertz CT molecular complexity index is 535. The van der Waals surface area contributed by atoms with E-state index in [0.29, 0.717) is 30.3 Å². The molecule has 1 aromatic rings. The van der Waals surface area contributed by atoms with Crippen molar-refractivity contribution in [1.82, 2.24) is 4.90 Å². The van der Waals surface area contributed by atoms with Crippen LogP contribution in [0, 0.1) is 5.92 Å². The summed E-state index contributed by atoms with van der Waals surface area (Å²) in [7, 11) is 0. The number of aliphatic hydroxyl groups is 1. The molecule has 1 saturated heterocycles. The lowest BCUT2D eigenvalue weighted by atomic mass is 10.1. The minimum atomic E-state index is -0.375. The van der Waals surface area contributed by atoms with Gasteiger partial charge in [-0.3, -0.25) is 9.59 Å². The van der Waals surface area contributed by atoms with Gasteiger partial charge < -0.3 is 14.9 Å². The fraction of sp³-hybridized carbons (Fsp3) is 0.467. The fourth-order valence-electron chi connectivity index (χ4n) is 2.58. The first-order chi connectivity index (χ1) is 10.1. The zero-order valence-corrected chi connectivity index (χ0v) is 12.7. The smallest absolute Gasteiger partial charge is 0.228 e. The van der Waals surface area contributed by atoms with E-state index in [1.54, 1.807) is 28.0 Å². The van der Waals surface area contributed by atoms with Crippen molar-refractivity contribution in [2.75, 3.05) is 31.1 Å². The Morgan fingerprint density at radius 3 is 2.81 bits per heavy atom. The lowest BCUT2D eigenvalue weighted by Gasteiger charge is -2.23. The van der Waals surface area contributed by atoms with Crippen LogP contribution < -0.4 is 4.90 Å². The van der Waals surface area contributed by atoms with Crippen LogP contribution in [0.1, 0.15) is 13.3 Å². The number of para-hydroxylation sites is 1. The van der Waals surface area contributed by atoms with Gasteiger partial charge in [-0.2, -0.15) is 0 Å². The summed E-state index contributed by atoms with van der Waals surface area (Å²) in [4.78, 5) is 27.7. The van der Waals surface area contributed by atoms with Gasteiger partial charge in [0.1, 0.15) is 0 Å². The van der Waals surface area contributed by atoms with Gasteiger partial charge in [0.2, 0.25) is 11.8 Å². The molecule has 2 rings (SSSR count). The van der Waals surface area contributed by atoms with E-state index in [0.717, 1.165) is 0 Å². The third-order valence-electron chi connectivity index (χ3n) is 3.68. The van der Waals surface area contributed by atoms with Crippen LogP contribution in [0.25, 0.3) is 0 Å². The zero-order chi connectivity index (χ0) is 15.4. The Morgan fingerprint density at radius 1 is 1.48 bits per heavy atom. The summed E-state index contributed by atoms with van der Waals surface area (Å²) in [6, 6.07) is 7.12. The van der Waals surface area contributed by atoms with Crippen LogP contribution in [0.15, 0.2) is 24.3 Å². The number of carbonyl (C=O) groups is 2. The topological polar surface area (TPSA) is 60.9 Å². The molecule has 21 heavy (non-hydrogen) atoms. The molecule has 1 unspecified atom stereocenters. The number of likely N-dealkylation sites (N-methyl/N-ethyl adjacent to an activating group) is 1. The van der Waals surface area contributed by atoms with Crippen LogP contribution in [0.5, 0.6) is 0 Å². The Balaban J connectivity index is 2.12. The Morgan fingerprint density at radius 2 is 2.19 bits per heavy atom. The number of hydrogen-bond acceptors (Lipinski definition) is 3. The van der Waals surface area contributed by atoms with Crippen LogP contribution in [-0.2, 0) is 9.59 Å². The van der Waals surface area contributed by atoms with E-state index in [4.69, 9.17) is 16.7 Å². The largest absolute Gasteiger partial charge is 0.395 e. The van der Waals surface area contributed by atoms with Crippen molar-refractivity contribution in [3.05, 3.63) is 29.3 Å².